The number of unbranched alkanes of at least 4 members (excludes halogenated alkanes) is 6. The van der Waals surface area contributed by atoms with Gasteiger partial charge < -0.3 is 10.5 Å². The largest absolute Gasteiger partial charge is 0.375 e. The van der Waals surface area contributed by atoms with Crippen LogP contribution >= 0.6 is 0 Å². The van der Waals surface area contributed by atoms with Gasteiger partial charge in [-0.3, -0.25) is 0 Å². The van der Waals surface area contributed by atoms with Crippen LogP contribution in [0.2, 0.25) is 0 Å². The molecule has 5 atom stereocenters. The third-order valence-electron chi connectivity index (χ3n) is 4.95. The smallest absolute Gasteiger partial charge is 0.0597 e. The minimum absolute atomic E-state index is 0.325. The normalized spacial score (nSPS) is 32.7. The Morgan fingerprint density at radius 3 is 2.00 bits per heavy atom. The molecular formula is C17H35NO. The van der Waals surface area contributed by atoms with Gasteiger partial charge in [-0.2, -0.15) is 0 Å². The molecule has 0 aromatic heterocycles. The van der Waals surface area contributed by atoms with Crippen LogP contribution in [0.3, 0.4) is 0 Å². The molecule has 0 aromatic rings. The van der Waals surface area contributed by atoms with Gasteiger partial charge in [0.15, 0.2) is 0 Å². The summed E-state index contributed by atoms with van der Waals surface area (Å²) in [7, 11) is 0. The second-order valence-corrected chi connectivity index (χ2v) is 6.56. The molecule has 0 aromatic carbocycles. The first-order chi connectivity index (χ1) is 9.07. The second-order valence-electron chi connectivity index (χ2n) is 6.56. The Bertz CT molecular complexity index is 231. The van der Waals surface area contributed by atoms with Gasteiger partial charge >= 0.3 is 0 Å². The van der Waals surface area contributed by atoms with Crippen LogP contribution in [0.4, 0.5) is 0 Å². The van der Waals surface area contributed by atoms with E-state index in [2.05, 4.69) is 27.7 Å². The molecule has 0 bridgehead atoms. The minimum Gasteiger partial charge on any atom is -0.375 e. The fraction of sp³-hybridized carbons (Fsp3) is 1.00. The van der Waals surface area contributed by atoms with Crippen molar-refractivity contribution in [1.82, 2.24) is 0 Å². The van der Waals surface area contributed by atoms with Crippen molar-refractivity contribution in [3.63, 3.8) is 0 Å². The Morgan fingerprint density at radius 1 is 0.895 bits per heavy atom. The second kappa shape index (κ2) is 8.97. The van der Waals surface area contributed by atoms with Crippen molar-refractivity contribution in [3.05, 3.63) is 0 Å². The number of hydrogen-bond donors (Lipinski definition) is 1. The predicted octanol–water partition coefficient (Wildman–Crippen LogP) is 4.51. The maximum absolute atomic E-state index is 6.40. The summed E-state index contributed by atoms with van der Waals surface area (Å²) in [6, 6.07) is 0.325. The SMILES string of the molecule is CCCCCCCCCC(N)C1C(C)OC(C)C1C. The van der Waals surface area contributed by atoms with E-state index in [1.54, 1.807) is 0 Å². The van der Waals surface area contributed by atoms with E-state index in [9.17, 15) is 0 Å². The number of nitrogens with two attached hydrogens (primary N) is 1. The highest BCUT2D eigenvalue weighted by Crippen LogP contribution is 2.35. The molecule has 0 saturated carbocycles. The van der Waals surface area contributed by atoms with Gasteiger partial charge in [0.25, 0.3) is 0 Å². The highest BCUT2D eigenvalue weighted by atomic mass is 16.5. The van der Waals surface area contributed by atoms with Gasteiger partial charge in [-0.05, 0) is 26.2 Å². The lowest BCUT2D eigenvalue weighted by Gasteiger charge is -2.25. The number of rotatable bonds is 9. The van der Waals surface area contributed by atoms with Gasteiger partial charge in [0, 0.05) is 12.0 Å². The van der Waals surface area contributed by atoms with Crippen molar-refractivity contribution in [2.75, 3.05) is 0 Å². The van der Waals surface area contributed by atoms with E-state index in [4.69, 9.17) is 10.5 Å². The zero-order valence-corrected chi connectivity index (χ0v) is 13.5. The average molecular weight is 269 g/mol. The highest BCUT2D eigenvalue weighted by Gasteiger charge is 2.39. The van der Waals surface area contributed by atoms with Gasteiger partial charge in [0.2, 0.25) is 0 Å². The maximum Gasteiger partial charge on any atom is 0.0597 e. The van der Waals surface area contributed by atoms with Crippen molar-refractivity contribution in [2.24, 2.45) is 17.6 Å². The quantitative estimate of drug-likeness (QED) is 0.625. The van der Waals surface area contributed by atoms with Crippen LogP contribution < -0.4 is 5.73 Å². The Balaban J connectivity index is 2.12. The average Bonchev–Trinajstić information content (AvgIpc) is 2.62. The lowest BCUT2D eigenvalue weighted by molar-refractivity contribution is 0.0486. The molecule has 1 rings (SSSR count). The Morgan fingerprint density at radius 2 is 1.47 bits per heavy atom. The summed E-state index contributed by atoms with van der Waals surface area (Å²) in [5, 5.41) is 0. The minimum atomic E-state index is 0.325. The summed E-state index contributed by atoms with van der Waals surface area (Å²) in [4.78, 5) is 0. The van der Waals surface area contributed by atoms with Crippen LogP contribution in [-0.4, -0.2) is 18.2 Å². The van der Waals surface area contributed by atoms with Crippen LogP contribution in [0.1, 0.15) is 79.1 Å². The van der Waals surface area contributed by atoms with Gasteiger partial charge in [0.1, 0.15) is 0 Å². The van der Waals surface area contributed by atoms with E-state index in [-0.39, 0.29) is 0 Å². The standard InChI is InChI=1S/C17H35NO/c1-5-6-7-8-9-10-11-12-16(18)17-13(2)14(3)19-15(17)4/h13-17H,5-12,18H2,1-4H3. The van der Waals surface area contributed by atoms with E-state index < -0.39 is 0 Å². The molecule has 1 heterocycles. The molecular weight excluding hydrogens is 234 g/mol. The first kappa shape index (κ1) is 17.0. The van der Waals surface area contributed by atoms with Gasteiger partial charge in [-0.25, -0.2) is 0 Å². The molecule has 2 N–H and O–H groups in total. The summed E-state index contributed by atoms with van der Waals surface area (Å²) in [5.41, 5.74) is 6.40. The van der Waals surface area contributed by atoms with Crippen molar-refractivity contribution in [3.8, 4) is 0 Å². The number of ether oxygens (including phenoxy) is 1. The van der Waals surface area contributed by atoms with Crippen molar-refractivity contribution < 1.29 is 4.74 Å². The van der Waals surface area contributed by atoms with Crippen LogP contribution in [0.5, 0.6) is 0 Å². The summed E-state index contributed by atoms with van der Waals surface area (Å²) in [5.74, 6) is 1.16. The Kier molecular flexibility index (Phi) is 8.01. The first-order valence-corrected chi connectivity index (χ1v) is 8.49. The van der Waals surface area contributed by atoms with E-state index in [1.807, 2.05) is 0 Å². The summed E-state index contributed by atoms with van der Waals surface area (Å²) in [6.45, 7) is 8.94. The Labute approximate surface area is 120 Å². The van der Waals surface area contributed by atoms with Gasteiger partial charge in [-0.1, -0.05) is 58.8 Å². The molecule has 0 aliphatic carbocycles. The summed E-state index contributed by atoms with van der Waals surface area (Å²) in [6.07, 6.45) is 11.4. The molecule has 1 fully saturated rings. The van der Waals surface area contributed by atoms with Crippen LogP contribution in [0.15, 0.2) is 0 Å². The van der Waals surface area contributed by atoms with E-state index in [1.165, 1.54) is 51.4 Å². The van der Waals surface area contributed by atoms with Crippen LogP contribution in [0.25, 0.3) is 0 Å². The maximum atomic E-state index is 6.40. The molecule has 1 saturated heterocycles. The molecule has 0 radical (unpaired) electrons. The molecule has 2 heteroatoms. The van der Waals surface area contributed by atoms with E-state index in [0.717, 1.165) is 0 Å². The molecule has 1 aliphatic rings. The molecule has 0 spiro atoms. The number of hydrogen-bond acceptors (Lipinski definition) is 2. The Hall–Kier alpha value is -0.0800. The van der Waals surface area contributed by atoms with Crippen LogP contribution in [-0.2, 0) is 4.74 Å². The monoisotopic (exact) mass is 269 g/mol. The third-order valence-corrected chi connectivity index (χ3v) is 4.95. The highest BCUT2D eigenvalue weighted by molar-refractivity contribution is 4.90. The van der Waals surface area contributed by atoms with Crippen LogP contribution in [0, 0.1) is 11.8 Å². The predicted molar refractivity (Wildman–Crippen MR) is 83.2 cm³/mol. The molecule has 19 heavy (non-hydrogen) atoms. The zero-order chi connectivity index (χ0) is 14.3. The molecule has 2 nitrogen and oxygen atoms in total. The lowest BCUT2D eigenvalue weighted by atomic mass is 9.82. The van der Waals surface area contributed by atoms with Gasteiger partial charge in [-0.15, -0.1) is 0 Å². The van der Waals surface area contributed by atoms with Crippen molar-refractivity contribution in [1.29, 1.82) is 0 Å². The third kappa shape index (κ3) is 5.43. The molecule has 0 amide bonds. The summed E-state index contributed by atoms with van der Waals surface area (Å²) < 4.78 is 5.90. The van der Waals surface area contributed by atoms with Crippen molar-refractivity contribution in [2.45, 2.75) is 97.3 Å². The van der Waals surface area contributed by atoms with Gasteiger partial charge in [0.05, 0.1) is 12.2 Å². The fourth-order valence-electron chi connectivity index (χ4n) is 3.56. The van der Waals surface area contributed by atoms with Crippen molar-refractivity contribution >= 4 is 0 Å². The topological polar surface area (TPSA) is 35.2 Å². The van der Waals surface area contributed by atoms with E-state index in [0.29, 0.717) is 30.1 Å². The molecule has 1 aliphatic heterocycles. The fourth-order valence-corrected chi connectivity index (χ4v) is 3.56. The van der Waals surface area contributed by atoms with E-state index >= 15 is 0 Å². The first-order valence-electron chi connectivity index (χ1n) is 8.49. The zero-order valence-electron chi connectivity index (χ0n) is 13.5. The molecule has 114 valence electrons. The summed E-state index contributed by atoms with van der Waals surface area (Å²) >= 11 is 0. The lowest BCUT2D eigenvalue weighted by Crippen LogP contribution is -2.37. The molecule has 5 unspecified atom stereocenters.